The summed E-state index contributed by atoms with van der Waals surface area (Å²) in [5, 5.41) is 5.48. The van der Waals surface area contributed by atoms with Gasteiger partial charge < -0.3 is 14.0 Å². The number of aliphatic imine (C=N–C) groups is 1. The number of nitrogens with zero attached hydrogens (tertiary/aromatic N) is 3. The summed E-state index contributed by atoms with van der Waals surface area (Å²) >= 11 is 1.72. The van der Waals surface area contributed by atoms with Crippen molar-refractivity contribution < 1.29 is 9.47 Å². The number of benzene rings is 1. The average Bonchev–Trinajstić information content (AvgIpc) is 3.26. The normalized spacial score (nSPS) is 17.1. The maximum atomic E-state index is 5.50. The average molecular weight is 385 g/mol. The molecule has 1 aromatic heterocycles. The quantitative estimate of drug-likeness (QED) is 0.854. The van der Waals surface area contributed by atoms with Gasteiger partial charge in [-0.2, -0.15) is 5.10 Å². The Balaban J connectivity index is 1.55. The third kappa shape index (κ3) is 3.69. The van der Waals surface area contributed by atoms with Crippen molar-refractivity contribution in [1.82, 2.24) is 9.99 Å². The van der Waals surface area contributed by atoms with Gasteiger partial charge in [0.1, 0.15) is 0 Å². The lowest BCUT2D eigenvalue weighted by molar-refractivity contribution is 0.174. The smallest absolute Gasteiger partial charge is 0.231 e. The van der Waals surface area contributed by atoms with Crippen LogP contribution in [0.25, 0.3) is 0 Å². The van der Waals surface area contributed by atoms with Gasteiger partial charge >= 0.3 is 0 Å². The molecule has 1 aromatic carbocycles. The highest BCUT2D eigenvalue weighted by Crippen LogP contribution is 2.33. The van der Waals surface area contributed by atoms with Gasteiger partial charge in [0.25, 0.3) is 0 Å². The Morgan fingerprint density at radius 3 is 2.85 bits per heavy atom. The molecule has 1 N–H and O–H groups in total. The molecule has 0 spiro atoms. The number of amidine groups is 1. The minimum absolute atomic E-state index is 0.304. The number of fused-ring (bicyclic) bond motifs is 1. The molecular formula is C20H24N4O2S. The molecule has 0 fully saturated rings. The lowest BCUT2D eigenvalue weighted by Gasteiger charge is -2.15. The number of hydrogen-bond acceptors (Lipinski definition) is 5. The molecular weight excluding hydrogens is 360 g/mol. The van der Waals surface area contributed by atoms with Crippen molar-refractivity contribution in [2.75, 3.05) is 19.1 Å². The second-order valence-corrected chi connectivity index (χ2v) is 7.67. The minimum Gasteiger partial charge on any atom is -0.454 e. The fourth-order valence-electron chi connectivity index (χ4n) is 3.31. The van der Waals surface area contributed by atoms with E-state index in [0.717, 1.165) is 47.6 Å². The Bertz CT molecular complexity index is 917. The predicted molar refractivity (Wildman–Crippen MR) is 110 cm³/mol. The largest absolute Gasteiger partial charge is 0.454 e. The van der Waals surface area contributed by atoms with Crippen molar-refractivity contribution in [3.05, 3.63) is 46.8 Å². The summed E-state index contributed by atoms with van der Waals surface area (Å²) < 4.78 is 13.2. The number of ether oxygens (including phenoxy) is 2. The van der Waals surface area contributed by atoms with E-state index in [1.165, 1.54) is 22.5 Å². The summed E-state index contributed by atoms with van der Waals surface area (Å²) in [6.45, 7) is 8.36. The van der Waals surface area contributed by atoms with Crippen LogP contribution in [0.5, 0.6) is 11.5 Å². The number of hydrogen-bond donors (Lipinski definition) is 1. The molecule has 7 heteroatoms. The van der Waals surface area contributed by atoms with E-state index in [0.29, 0.717) is 6.79 Å². The van der Waals surface area contributed by atoms with Gasteiger partial charge in [-0.05, 0) is 44.0 Å². The molecule has 6 nitrogen and oxygen atoms in total. The zero-order chi connectivity index (χ0) is 18.8. The molecule has 0 radical (unpaired) electrons. The number of rotatable bonds is 5. The lowest BCUT2D eigenvalue weighted by Crippen LogP contribution is -2.26. The van der Waals surface area contributed by atoms with Crippen molar-refractivity contribution in [3.63, 3.8) is 0 Å². The van der Waals surface area contributed by atoms with Crippen LogP contribution in [0.2, 0.25) is 0 Å². The monoisotopic (exact) mass is 384 g/mol. The van der Waals surface area contributed by atoms with E-state index in [9.17, 15) is 0 Å². The van der Waals surface area contributed by atoms with Gasteiger partial charge in [-0.3, -0.25) is 10.4 Å². The first-order chi connectivity index (χ1) is 13.2. The summed E-state index contributed by atoms with van der Waals surface area (Å²) in [6.07, 6.45) is 1.04. The number of aryl methyl sites for hydroxylation is 1. The topological polar surface area (TPSA) is 60.1 Å². The molecule has 4 rings (SSSR count). The first-order valence-electron chi connectivity index (χ1n) is 9.21. The first-order valence-corrected chi connectivity index (χ1v) is 10.2. The molecule has 2 aliphatic rings. The number of aromatic nitrogens is 1. The van der Waals surface area contributed by atoms with Crippen LogP contribution in [-0.2, 0) is 6.54 Å². The fraction of sp³-hybridized carbons (Fsp3) is 0.400. The summed E-state index contributed by atoms with van der Waals surface area (Å²) in [4.78, 5) is 4.49. The number of nitrogens with one attached hydrogen (secondary N) is 1. The van der Waals surface area contributed by atoms with Gasteiger partial charge in [0.2, 0.25) is 6.79 Å². The highest BCUT2D eigenvalue weighted by molar-refractivity contribution is 8.14. The number of thioether (sulfide) groups is 1. The predicted octanol–water partition coefficient (Wildman–Crippen LogP) is 3.69. The summed E-state index contributed by atoms with van der Waals surface area (Å²) in [5.74, 6) is 2.48. The Morgan fingerprint density at radius 2 is 2.07 bits per heavy atom. The summed E-state index contributed by atoms with van der Waals surface area (Å²) in [7, 11) is 0. The molecule has 0 unspecified atom stereocenters. The van der Waals surface area contributed by atoms with Gasteiger partial charge in [0.05, 0.1) is 5.71 Å². The highest BCUT2D eigenvalue weighted by atomic mass is 32.2. The highest BCUT2D eigenvalue weighted by Gasteiger charge is 2.19. The molecule has 0 saturated carbocycles. The van der Waals surface area contributed by atoms with Gasteiger partial charge in [-0.15, -0.1) is 0 Å². The lowest BCUT2D eigenvalue weighted by atomic mass is 10.1. The minimum atomic E-state index is 0.304. The van der Waals surface area contributed by atoms with Gasteiger partial charge in [0, 0.05) is 35.8 Å². The van der Waals surface area contributed by atoms with E-state index in [4.69, 9.17) is 9.47 Å². The molecule has 3 heterocycles. The van der Waals surface area contributed by atoms with Crippen molar-refractivity contribution in [2.24, 2.45) is 10.1 Å². The van der Waals surface area contributed by atoms with E-state index < -0.39 is 0 Å². The van der Waals surface area contributed by atoms with Crippen molar-refractivity contribution in [1.29, 1.82) is 0 Å². The molecule has 0 saturated heterocycles. The van der Waals surface area contributed by atoms with E-state index >= 15 is 0 Å². The summed E-state index contributed by atoms with van der Waals surface area (Å²) in [6, 6.07) is 8.36. The molecule has 0 bridgehead atoms. The maximum Gasteiger partial charge on any atom is 0.231 e. The molecule has 0 amide bonds. The van der Waals surface area contributed by atoms with Crippen LogP contribution in [0.4, 0.5) is 0 Å². The Labute approximate surface area is 163 Å². The molecule has 0 aliphatic carbocycles. The van der Waals surface area contributed by atoms with Gasteiger partial charge in [-0.1, -0.05) is 24.8 Å². The molecule has 27 heavy (non-hydrogen) atoms. The SMILES string of the molecule is CCCN=C1NN=C(c2cc(C)n(Cc3ccc4c(c3)OCO4)c2C)CS1. The van der Waals surface area contributed by atoms with Crippen LogP contribution < -0.4 is 14.9 Å². The van der Waals surface area contributed by atoms with Crippen LogP contribution in [0.15, 0.2) is 34.4 Å². The van der Waals surface area contributed by atoms with Crippen LogP contribution in [0.3, 0.4) is 0 Å². The third-order valence-electron chi connectivity index (χ3n) is 4.77. The van der Waals surface area contributed by atoms with Crippen molar-refractivity contribution >= 4 is 22.6 Å². The number of hydrazone groups is 1. The summed E-state index contributed by atoms with van der Waals surface area (Å²) in [5.41, 5.74) is 9.00. The third-order valence-corrected chi connectivity index (χ3v) is 5.68. The molecule has 0 atom stereocenters. The fourth-order valence-corrected chi connectivity index (χ4v) is 4.09. The van der Waals surface area contributed by atoms with Crippen molar-refractivity contribution in [2.45, 2.75) is 33.7 Å². The Hall–Kier alpha value is -2.41. The van der Waals surface area contributed by atoms with E-state index in [2.05, 4.69) is 59.1 Å². The maximum absolute atomic E-state index is 5.50. The van der Waals surface area contributed by atoms with Crippen LogP contribution in [-0.4, -0.2) is 34.5 Å². The standard InChI is InChI=1S/C20H24N4O2S/c1-4-7-21-20-23-22-17(11-27-20)16-8-13(2)24(14(16)3)10-15-5-6-18-19(9-15)26-12-25-18/h5-6,8-9H,4,7,10-12H2,1-3H3,(H,21,23). The van der Waals surface area contributed by atoms with E-state index in [-0.39, 0.29) is 0 Å². The second kappa shape index (κ2) is 7.68. The van der Waals surface area contributed by atoms with Gasteiger partial charge in [0.15, 0.2) is 16.7 Å². The van der Waals surface area contributed by atoms with Crippen LogP contribution in [0, 0.1) is 13.8 Å². The Kier molecular flexibility index (Phi) is 5.11. The zero-order valence-electron chi connectivity index (χ0n) is 15.9. The van der Waals surface area contributed by atoms with E-state index in [1.807, 2.05) is 6.07 Å². The molecule has 2 aliphatic heterocycles. The second-order valence-electron chi connectivity index (χ2n) is 6.70. The molecule has 142 valence electrons. The first kappa shape index (κ1) is 18.0. The van der Waals surface area contributed by atoms with E-state index in [1.54, 1.807) is 11.8 Å². The van der Waals surface area contributed by atoms with Gasteiger partial charge in [-0.25, -0.2) is 0 Å². The zero-order valence-corrected chi connectivity index (χ0v) is 16.7. The van der Waals surface area contributed by atoms with Crippen molar-refractivity contribution in [3.8, 4) is 11.5 Å². The molecule has 2 aromatic rings. The van der Waals surface area contributed by atoms with Crippen LogP contribution in [0.1, 0.15) is 35.9 Å². The van der Waals surface area contributed by atoms with Crippen LogP contribution >= 0.6 is 11.8 Å². The Morgan fingerprint density at radius 1 is 1.22 bits per heavy atom.